The average Bonchev–Trinajstić information content (AvgIpc) is 3.03. The SMILES string of the molecule is CN(C)C(=O)CNC(=O)C(=O)N1C[C@@H](C#N)[C@H](c2ccccc2)C1. The molecule has 1 aromatic carbocycles. The lowest BCUT2D eigenvalue weighted by Crippen LogP contribution is -2.45. The van der Waals surface area contributed by atoms with Crippen LogP contribution in [0, 0.1) is 17.2 Å². The summed E-state index contributed by atoms with van der Waals surface area (Å²) in [5.74, 6) is -2.30. The van der Waals surface area contributed by atoms with Crippen LogP contribution >= 0.6 is 0 Å². The Morgan fingerprint density at radius 1 is 1.25 bits per heavy atom. The molecule has 7 heteroatoms. The van der Waals surface area contributed by atoms with E-state index in [2.05, 4.69) is 11.4 Å². The highest BCUT2D eigenvalue weighted by Gasteiger charge is 2.38. The summed E-state index contributed by atoms with van der Waals surface area (Å²) >= 11 is 0. The van der Waals surface area contributed by atoms with Gasteiger partial charge >= 0.3 is 11.8 Å². The molecule has 24 heavy (non-hydrogen) atoms. The fourth-order valence-corrected chi connectivity index (χ4v) is 2.67. The summed E-state index contributed by atoms with van der Waals surface area (Å²) in [6, 6.07) is 11.7. The Bertz CT molecular complexity index is 666. The number of carbonyl (C=O) groups is 3. The fraction of sp³-hybridized carbons (Fsp3) is 0.412. The van der Waals surface area contributed by atoms with Crippen molar-refractivity contribution in [1.29, 1.82) is 5.26 Å². The largest absolute Gasteiger partial charge is 0.347 e. The molecular formula is C17H20N4O3. The number of nitriles is 1. The molecule has 2 atom stereocenters. The van der Waals surface area contributed by atoms with Crippen molar-refractivity contribution < 1.29 is 14.4 Å². The van der Waals surface area contributed by atoms with Crippen molar-refractivity contribution in [2.75, 3.05) is 33.7 Å². The first-order chi connectivity index (χ1) is 11.4. The molecule has 3 amide bonds. The van der Waals surface area contributed by atoms with Gasteiger partial charge in [0.05, 0.1) is 18.5 Å². The van der Waals surface area contributed by atoms with Crippen LogP contribution in [0.4, 0.5) is 0 Å². The van der Waals surface area contributed by atoms with Crippen LogP contribution in [0.2, 0.25) is 0 Å². The first-order valence-corrected chi connectivity index (χ1v) is 7.66. The predicted molar refractivity (Wildman–Crippen MR) is 86.6 cm³/mol. The second-order valence-electron chi connectivity index (χ2n) is 5.93. The quantitative estimate of drug-likeness (QED) is 0.788. The van der Waals surface area contributed by atoms with Crippen molar-refractivity contribution in [3.63, 3.8) is 0 Å². The standard InChI is InChI=1S/C17H20N4O3/c1-20(2)15(22)9-19-16(23)17(24)21-10-13(8-18)14(11-21)12-6-4-3-5-7-12/h3-7,13-14H,9-11H2,1-2H3,(H,19,23)/t13-,14+/m1/s1. The molecule has 1 N–H and O–H groups in total. The van der Waals surface area contributed by atoms with E-state index in [9.17, 15) is 19.6 Å². The zero-order chi connectivity index (χ0) is 17.7. The number of nitrogens with one attached hydrogen (secondary N) is 1. The third-order valence-electron chi connectivity index (χ3n) is 4.09. The minimum Gasteiger partial charge on any atom is -0.347 e. The second-order valence-corrected chi connectivity index (χ2v) is 5.93. The minimum atomic E-state index is -0.824. The molecular weight excluding hydrogens is 308 g/mol. The van der Waals surface area contributed by atoms with E-state index in [0.29, 0.717) is 6.54 Å². The van der Waals surface area contributed by atoms with Crippen LogP contribution in [0.5, 0.6) is 0 Å². The van der Waals surface area contributed by atoms with Crippen LogP contribution in [0.25, 0.3) is 0 Å². The Labute approximate surface area is 140 Å². The summed E-state index contributed by atoms with van der Waals surface area (Å²) in [5, 5.41) is 11.7. The predicted octanol–water partition coefficient (Wildman–Crippen LogP) is -0.0434. The smallest absolute Gasteiger partial charge is 0.311 e. The van der Waals surface area contributed by atoms with Gasteiger partial charge in [0.2, 0.25) is 5.91 Å². The Morgan fingerprint density at radius 3 is 2.50 bits per heavy atom. The van der Waals surface area contributed by atoms with E-state index in [0.717, 1.165) is 5.56 Å². The summed E-state index contributed by atoms with van der Waals surface area (Å²) in [4.78, 5) is 38.4. The molecule has 0 spiro atoms. The van der Waals surface area contributed by atoms with E-state index in [1.54, 1.807) is 14.1 Å². The molecule has 1 aliphatic rings. The third-order valence-corrected chi connectivity index (χ3v) is 4.09. The molecule has 7 nitrogen and oxygen atoms in total. The third kappa shape index (κ3) is 3.90. The summed E-state index contributed by atoms with van der Waals surface area (Å²) in [6.07, 6.45) is 0. The molecule has 2 rings (SSSR count). The van der Waals surface area contributed by atoms with E-state index >= 15 is 0 Å². The van der Waals surface area contributed by atoms with E-state index in [1.165, 1.54) is 9.80 Å². The Hall–Kier alpha value is -2.88. The van der Waals surface area contributed by atoms with Crippen molar-refractivity contribution in [1.82, 2.24) is 15.1 Å². The van der Waals surface area contributed by atoms with Gasteiger partial charge in [-0.25, -0.2) is 0 Å². The monoisotopic (exact) mass is 328 g/mol. The Kier molecular flexibility index (Phi) is 5.53. The van der Waals surface area contributed by atoms with Crippen molar-refractivity contribution in [3.05, 3.63) is 35.9 Å². The molecule has 0 aliphatic carbocycles. The van der Waals surface area contributed by atoms with Gasteiger partial charge in [-0.1, -0.05) is 30.3 Å². The van der Waals surface area contributed by atoms with Crippen molar-refractivity contribution in [2.45, 2.75) is 5.92 Å². The highest BCUT2D eigenvalue weighted by molar-refractivity contribution is 6.35. The molecule has 1 aromatic rings. The van der Waals surface area contributed by atoms with E-state index in [1.807, 2.05) is 30.3 Å². The normalized spacial score (nSPS) is 19.5. The van der Waals surface area contributed by atoms with Crippen LogP contribution < -0.4 is 5.32 Å². The highest BCUT2D eigenvalue weighted by atomic mass is 16.2. The maximum atomic E-state index is 12.2. The van der Waals surface area contributed by atoms with E-state index in [-0.39, 0.29) is 30.8 Å². The van der Waals surface area contributed by atoms with Gasteiger partial charge in [0.1, 0.15) is 0 Å². The van der Waals surface area contributed by atoms with E-state index in [4.69, 9.17) is 0 Å². The number of rotatable bonds is 3. The maximum Gasteiger partial charge on any atom is 0.311 e. The van der Waals surface area contributed by atoms with Crippen LogP contribution in [0.15, 0.2) is 30.3 Å². The molecule has 0 saturated carbocycles. The molecule has 1 aliphatic heterocycles. The maximum absolute atomic E-state index is 12.2. The van der Waals surface area contributed by atoms with Gasteiger partial charge in [-0.15, -0.1) is 0 Å². The molecule has 0 aromatic heterocycles. The summed E-state index contributed by atoms with van der Waals surface area (Å²) in [6.45, 7) is 0.301. The van der Waals surface area contributed by atoms with Crippen molar-refractivity contribution in [2.24, 2.45) is 5.92 Å². The van der Waals surface area contributed by atoms with Crippen molar-refractivity contribution in [3.8, 4) is 6.07 Å². The van der Waals surface area contributed by atoms with Gasteiger partial charge in [-0.05, 0) is 5.56 Å². The van der Waals surface area contributed by atoms with Gasteiger partial charge in [-0.3, -0.25) is 14.4 Å². The first-order valence-electron chi connectivity index (χ1n) is 7.66. The Morgan fingerprint density at radius 2 is 1.92 bits per heavy atom. The lowest BCUT2D eigenvalue weighted by Gasteiger charge is -2.16. The van der Waals surface area contributed by atoms with E-state index < -0.39 is 11.8 Å². The molecule has 126 valence electrons. The van der Waals surface area contributed by atoms with Crippen LogP contribution in [-0.2, 0) is 14.4 Å². The molecule has 0 unspecified atom stereocenters. The number of amides is 3. The van der Waals surface area contributed by atoms with Gasteiger partial charge in [0, 0.05) is 33.1 Å². The zero-order valence-corrected chi connectivity index (χ0v) is 13.7. The zero-order valence-electron chi connectivity index (χ0n) is 13.7. The number of likely N-dealkylation sites (tertiary alicyclic amines) is 1. The summed E-state index contributed by atoms with van der Waals surface area (Å²) < 4.78 is 0. The van der Waals surface area contributed by atoms with Crippen molar-refractivity contribution >= 4 is 17.7 Å². The van der Waals surface area contributed by atoms with Crippen LogP contribution in [-0.4, -0.2) is 61.3 Å². The number of likely N-dealkylation sites (N-methyl/N-ethyl adjacent to an activating group) is 1. The first kappa shape index (κ1) is 17.5. The molecule has 0 bridgehead atoms. The number of hydrogen-bond acceptors (Lipinski definition) is 4. The molecule has 0 radical (unpaired) electrons. The second kappa shape index (κ2) is 7.59. The lowest BCUT2D eigenvalue weighted by molar-refractivity contribution is -0.145. The Balaban J connectivity index is 2.00. The van der Waals surface area contributed by atoms with Crippen LogP contribution in [0.1, 0.15) is 11.5 Å². The molecule has 1 fully saturated rings. The number of nitrogens with zero attached hydrogens (tertiary/aromatic N) is 3. The lowest BCUT2D eigenvalue weighted by atomic mass is 9.90. The van der Waals surface area contributed by atoms with Gasteiger partial charge in [0.15, 0.2) is 0 Å². The number of hydrogen-bond donors (Lipinski definition) is 1. The summed E-state index contributed by atoms with van der Waals surface area (Å²) in [7, 11) is 3.14. The number of carbonyl (C=O) groups excluding carboxylic acids is 3. The molecule has 1 heterocycles. The van der Waals surface area contributed by atoms with Gasteiger partial charge in [-0.2, -0.15) is 5.26 Å². The highest BCUT2D eigenvalue weighted by Crippen LogP contribution is 2.32. The molecule has 1 saturated heterocycles. The topological polar surface area (TPSA) is 93.5 Å². The van der Waals surface area contributed by atoms with Gasteiger partial charge < -0.3 is 15.1 Å². The summed E-state index contributed by atoms with van der Waals surface area (Å²) in [5.41, 5.74) is 0.975. The van der Waals surface area contributed by atoms with Gasteiger partial charge in [0.25, 0.3) is 0 Å². The minimum absolute atomic E-state index is 0.114. The van der Waals surface area contributed by atoms with Crippen LogP contribution in [0.3, 0.4) is 0 Å². The number of benzene rings is 1. The fourth-order valence-electron chi connectivity index (χ4n) is 2.67. The average molecular weight is 328 g/mol.